The van der Waals surface area contributed by atoms with Gasteiger partial charge in [-0.05, 0) is 25.5 Å². The Hall–Kier alpha value is -0.860. The standard InChI is InChI=1S/C16H28N2/c1-5-14(6-2)12-18(4)13(3)16(17)15-10-8-7-9-11-15/h7-11,13-14,16H,5-6,12,17H2,1-4H3. The average Bonchev–Trinajstić information content (AvgIpc) is 2.43. The Balaban J connectivity index is 2.60. The summed E-state index contributed by atoms with van der Waals surface area (Å²) in [5.41, 5.74) is 7.58. The SMILES string of the molecule is CCC(CC)CN(C)C(C)C(N)c1ccccc1. The quantitative estimate of drug-likeness (QED) is 0.801. The number of nitrogens with zero attached hydrogens (tertiary/aromatic N) is 1. The molecule has 0 saturated heterocycles. The minimum Gasteiger partial charge on any atom is -0.323 e. The highest BCUT2D eigenvalue weighted by Gasteiger charge is 2.20. The predicted octanol–water partition coefficient (Wildman–Crippen LogP) is 3.44. The van der Waals surface area contributed by atoms with Crippen molar-refractivity contribution in [2.75, 3.05) is 13.6 Å². The highest BCUT2D eigenvalue weighted by atomic mass is 15.1. The van der Waals surface area contributed by atoms with Gasteiger partial charge < -0.3 is 10.6 Å². The van der Waals surface area contributed by atoms with Gasteiger partial charge in [0.05, 0.1) is 0 Å². The molecule has 2 unspecified atom stereocenters. The number of likely N-dealkylation sites (N-methyl/N-ethyl adjacent to an activating group) is 1. The fourth-order valence-corrected chi connectivity index (χ4v) is 2.35. The maximum absolute atomic E-state index is 6.36. The van der Waals surface area contributed by atoms with Gasteiger partial charge in [-0.15, -0.1) is 0 Å². The van der Waals surface area contributed by atoms with E-state index in [1.165, 1.54) is 18.4 Å². The molecule has 0 aliphatic carbocycles. The van der Waals surface area contributed by atoms with Crippen LogP contribution < -0.4 is 5.73 Å². The number of benzene rings is 1. The Bertz CT molecular complexity index is 319. The van der Waals surface area contributed by atoms with Crippen molar-refractivity contribution in [2.45, 2.75) is 45.7 Å². The molecule has 0 amide bonds. The zero-order valence-electron chi connectivity index (χ0n) is 12.3. The zero-order chi connectivity index (χ0) is 13.5. The predicted molar refractivity (Wildman–Crippen MR) is 79.5 cm³/mol. The Morgan fingerprint density at radius 3 is 2.17 bits per heavy atom. The molecule has 0 fully saturated rings. The lowest BCUT2D eigenvalue weighted by Crippen LogP contribution is -2.40. The van der Waals surface area contributed by atoms with Crippen molar-refractivity contribution < 1.29 is 0 Å². The minimum absolute atomic E-state index is 0.0885. The average molecular weight is 248 g/mol. The van der Waals surface area contributed by atoms with Crippen LogP contribution in [0.5, 0.6) is 0 Å². The first-order chi connectivity index (χ1) is 8.60. The van der Waals surface area contributed by atoms with Crippen LogP contribution in [0.25, 0.3) is 0 Å². The van der Waals surface area contributed by atoms with Gasteiger partial charge in [-0.1, -0.05) is 57.0 Å². The third-order valence-corrected chi connectivity index (χ3v) is 4.10. The summed E-state index contributed by atoms with van der Waals surface area (Å²) in [5.74, 6) is 0.778. The van der Waals surface area contributed by atoms with Gasteiger partial charge in [-0.2, -0.15) is 0 Å². The van der Waals surface area contributed by atoms with Crippen molar-refractivity contribution >= 4 is 0 Å². The van der Waals surface area contributed by atoms with E-state index in [-0.39, 0.29) is 6.04 Å². The summed E-state index contributed by atoms with van der Waals surface area (Å²) in [6, 6.07) is 10.8. The molecule has 1 aromatic carbocycles. The van der Waals surface area contributed by atoms with Crippen LogP contribution in [0.4, 0.5) is 0 Å². The number of nitrogens with two attached hydrogens (primary N) is 1. The molecule has 2 N–H and O–H groups in total. The van der Waals surface area contributed by atoms with E-state index >= 15 is 0 Å². The van der Waals surface area contributed by atoms with E-state index in [9.17, 15) is 0 Å². The number of hydrogen-bond acceptors (Lipinski definition) is 2. The molecule has 2 heteroatoms. The Kier molecular flexibility index (Phi) is 6.37. The summed E-state index contributed by atoms with van der Waals surface area (Å²) < 4.78 is 0. The lowest BCUT2D eigenvalue weighted by Gasteiger charge is -2.32. The first kappa shape index (κ1) is 15.2. The lowest BCUT2D eigenvalue weighted by atomic mass is 9.98. The fourth-order valence-electron chi connectivity index (χ4n) is 2.35. The highest BCUT2D eigenvalue weighted by molar-refractivity contribution is 5.19. The second kappa shape index (κ2) is 7.55. The monoisotopic (exact) mass is 248 g/mol. The van der Waals surface area contributed by atoms with Crippen LogP contribution in [0.2, 0.25) is 0 Å². The van der Waals surface area contributed by atoms with Gasteiger partial charge in [0.1, 0.15) is 0 Å². The minimum atomic E-state index is 0.0885. The van der Waals surface area contributed by atoms with E-state index in [2.05, 4.69) is 57.0 Å². The van der Waals surface area contributed by atoms with Gasteiger partial charge in [-0.3, -0.25) is 0 Å². The summed E-state index contributed by atoms with van der Waals surface area (Å²) >= 11 is 0. The van der Waals surface area contributed by atoms with Crippen LogP contribution in [0.15, 0.2) is 30.3 Å². The van der Waals surface area contributed by atoms with Crippen LogP contribution in [0, 0.1) is 5.92 Å². The second-order valence-electron chi connectivity index (χ2n) is 5.30. The zero-order valence-corrected chi connectivity index (χ0v) is 12.3. The molecule has 0 spiro atoms. The summed E-state index contributed by atoms with van der Waals surface area (Å²) in [5, 5.41) is 0. The molecule has 0 heterocycles. The van der Waals surface area contributed by atoms with Crippen molar-refractivity contribution in [2.24, 2.45) is 11.7 Å². The van der Waals surface area contributed by atoms with Crippen LogP contribution in [-0.4, -0.2) is 24.5 Å². The van der Waals surface area contributed by atoms with Gasteiger partial charge in [0.2, 0.25) is 0 Å². The molecular weight excluding hydrogens is 220 g/mol. The molecule has 18 heavy (non-hydrogen) atoms. The first-order valence-electron chi connectivity index (χ1n) is 7.10. The van der Waals surface area contributed by atoms with Crippen molar-refractivity contribution in [3.63, 3.8) is 0 Å². The Morgan fingerprint density at radius 2 is 1.67 bits per heavy atom. The first-order valence-corrected chi connectivity index (χ1v) is 7.10. The fraction of sp³-hybridized carbons (Fsp3) is 0.625. The van der Waals surface area contributed by atoms with E-state index in [4.69, 9.17) is 5.73 Å². The Morgan fingerprint density at radius 1 is 1.11 bits per heavy atom. The third-order valence-electron chi connectivity index (χ3n) is 4.10. The molecule has 2 nitrogen and oxygen atoms in total. The largest absolute Gasteiger partial charge is 0.323 e. The second-order valence-corrected chi connectivity index (χ2v) is 5.30. The van der Waals surface area contributed by atoms with Crippen LogP contribution >= 0.6 is 0 Å². The van der Waals surface area contributed by atoms with Crippen molar-refractivity contribution in [1.82, 2.24) is 4.90 Å². The van der Waals surface area contributed by atoms with Crippen LogP contribution in [0.1, 0.15) is 45.2 Å². The Labute approximate surface area is 112 Å². The van der Waals surface area contributed by atoms with E-state index in [1.807, 2.05) is 6.07 Å². The number of rotatable bonds is 7. The molecule has 0 bridgehead atoms. The van der Waals surface area contributed by atoms with Gasteiger partial charge >= 0.3 is 0 Å². The van der Waals surface area contributed by atoms with Crippen LogP contribution in [-0.2, 0) is 0 Å². The summed E-state index contributed by atoms with van der Waals surface area (Å²) in [7, 11) is 2.19. The molecule has 1 aromatic rings. The topological polar surface area (TPSA) is 29.3 Å². The smallest absolute Gasteiger partial charge is 0.0450 e. The summed E-state index contributed by atoms with van der Waals surface area (Å²) in [4.78, 5) is 2.40. The molecule has 0 radical (unpaired) electrons. The van der Waals surface area contributed by atoms with Gasteiger partial charge in [0.25, 0.3) is 0 Å². The summed E-state index contributed by atoms with van der Waals surface area (Å²) in [6.45, 7) is 7.89. The maximum Gasteiger partial charge on any atom is 0.0450 e. The van der Waals surface area contributed by atoms with Gasteiger partial charge in [-0.25, -0.2) is 0 Å². The van der Waals surface area contributed by atoms with Crippen molar-refractivity contribution in [3.05, 3.63) is 35.9 Å². The molecule has 2 atom stereocenters. The molecule has 102 valence electrons. The van der Waals surface area contributed by atoms with E-state index in [1.54, 1.807) is 0 Å². The third kappa shape index (κ3) is 4.11. The van der Waals surface area contributed by atoms with Gasteiger partial charge in [0.15, 0.2) is 0 Å². The van der Waals surface area contributed by atoms with Crippen molar-refractivity contribution in [3.8, 4) is 0 Å². The molecule has 0 aliphatic rings. The molecule has 0 aromatic heterocycles. The van der Waals surface area contributed by atoms with Crippen molar-refractivity contribution in [1.29, 1.82) is 0 Å². The molecule has 0 saturated carbocycles. The van der Waals surface area contributed by atoms with E-state index in [0.717, 1.165) is 12.5 Å². The molecular formula is C16H28N2. The normalized spacial score (nSPS) is 15.1. The molecule has 1 rings (SSSR count). The van der Waals surface area contributed by atoms with Crippen LogP contribution in [0.3, 0.4) is 0 Å². The maximum atomic E-state index is 6.36. The summed E-state index contributed by atoms with van der Waals surface area (Å²) in [6.07, 6.45) is 2.49. The van der Waals surface area contributed by atoms with E-state index in [0.29, 0.717) is 6.04 Å². The molecule has 0 aliphatic heterocycles. The van der Waals surface area contributed by atoms with Gasteiger partial charge in [0, 0.05) is 18.6 Å². The number of hydrogen-bond donors (Lipinski definition) is 1. The van der Waals surface area contributed by atoms with E-state index < -0.39 is 0 Å². The highest BCUT2D eigenvalue weighted by Crippen LogP contribution is 2.19. The lowest BCUT2D eigenvalue weighted by molar-refractivity contribution is 0.189.